The van der Waals surface area contributed by atoms with Crippen LogP contribution in [-0.2, 0) is 6.42 Å². The third-order valence-corrected chi connectivity index (χ3v) is 3.16. The van der Waals surface area contributed by atoms with Gasteiger partial charge in [-0.3, -0.25) is 0 Å². The lowest BCUT2D eigenvalue weighted by Crippen LogP contribution is -2.01. The average molecular weight is 262 g/mol. The second-order valence-corrected chi connectivity index (χ2v) is 4.71. The summed E-state index contributed by atoms with van der Waals surface area (Å²) in [5, 5.41) is 9.96. The molecule has 0 aromatic heterocycles. The van der Waals surface area contributed by atoms with Crippen molar-refractivity contribution in [3.05, 3.63) is 70.8 Å². The van der Waals surface area contributed by atoms with Crippen LogP contribution in [0.5, 0.6) is 0 Å². The van der Waals surface area contributed by atoms with Gasteiger partial charge in [0.05, 0.1) is 6.10 Å². The van der Waals surface area contributed by atoms with E-state index in [0.717, 1.165) is 17.7 Å². The Morgan fingerprint density at radius 3 is 2.32 bits per heavy atom. The normalized spacial score (nSPS) is 12.4. The number of benzene rings is 2. The highest BCUT2D eigenvalue weighted by Crippen LogP contribution is 2.21. The van der Waals surface area contributed by atoms with Crippen LogP contribution in [-0.4, -0.2) is 5.11 Å². The van der Waals surface area contributed by atoms with E-state index in [2.05, 4.69) is 0 Å². The van der Waals surface area contributed by atoms with Gasteiger partial charge in [0.15, 0.2) is 11.6 Å². The Morgan fingerprint density at radius 1 is 1.00 bits per heavy atom. The van der Waals surface area contributed by atoms with E-state index >= 15 is 0 Å². The topological polar surface area (TPSA) is 20.2 Å². The van der Waals surface area contributed by atoms with Crippen molar-refractivity contribution in [3.8, 4) is 0 Å². The molecule has 0 radical (unpaired) electrons. The van der Waals surface area contributed by atoms with E-state index in [1.54, 1.807) is 0 Å². The van der Waals surface area contributed by atoms with Crippen molar-refractivity contribution in [2.45, 2.75) is 25.9 Å². The molecule has 0 amide bonds. The van der Waals surface area contributed by atoms with Crippen LogP contribution in [0.3, 0.4) is 0 Å². The van der Waals surface area contributed by atoms with Crippen molar-refractivity contribution in [2.24, 2.45) is 0 Å². The molecule has 19 heavy (non-hydrogen) atoms. The van der Waals surface area contributed by atoms with Crippen LogP contribution in [0.4, 0.5) is 8.78 Å². The van der Waals surface area contributed by atoms with Crippen LogP contribution < -0.4 is 0 Å². The van der Waals surface area contributed by atoms with Gasteiger partial charge < -0.3 is 5.11 Å². The minimum absolute atomic E-state index is 0.408. The SMILES string of the molecule is Cc1ccc(CCC(O)c2ccc(F)c(F)c2)cc1. The van der Waals surface area contributed by atoms with E-state index in [1.165, 1.54) is 11.6 Å². The second-order valence-electron chi connectivity index (χ2n) is 4.71. The molecule has 0 aliphatic rings. The van der Waals surface area contributed by atoms with Crippen molar-refractivity contribution in [1.29, 1.82) is 0 Å². The largest absolute Gasteiger partial charge is 0.388 e. The lowest BCUT2D eigenvalue weighted by molar-refractivity contribution is 0.167. The van der Waals surface area contributed by atoms with Crippen LogP contribution in [0, 0.1) is 18.6 Å². The number of aryl methyl sites for hydroxylation is 2. The number of aliphatic hydroxyl groups is 1. The Hall–Kier alpha value is -1.74. The smallest absolute Gasteiger partial charge is 0.159 e. The fourth-order valence-corrected chi connectivity index (χ4v) is 1.94. The van der Waals surface area contributed by atoms with E-state index in [9.17, 15) is 13.9 Å². The van der Waals surface area contributed by atoms with Gasteiger partial charge in [0, 0.05) is 0 Å². The molecule has 0 saturated carbocycles. The minimum atomic E-state index is -0.924. The van der Waals surface area contributed by atoms with E-state index in [4.69, 9.17) is 0 Å². The first-order valence-electron chi connectivity index (χ1n) is 6.25. The molecule has 2 aromatic rings. The van der Waals surface area contributed by atoms with Crippen LogP contribution >= 0.6 is 0 Å². The van der Waals surface area contributed by atoms with Crippen molar-refractivity contribution < 1.29 is 13.9 Å². The quantitative estimate of drug-likeness (QED) is 0.884. The van der Waals surface area contributed by atoms with Crippen LogP contribution in [0.15, 0.2) is 42.5 Å². The first kappa shape index (κ1) is 13.7. The van der Waals surface area contributed by atoms with Gasteiger partial charge >= 0.3 is 0 Å². The first-order valence-corrected chi connectivity index (χ1v) is 6.25. The van der Waals surface area contributed by atoms with E-state index < -0.39 is 17.7 Å². The molecule has 0 aliphatic heterocycles. The minimum Gasteiger partial charge on any atom is -0.388 e. The number of hydrogen-bond acceptors (Lipinski definition) is 1. The first-order chi connectivity index (χ1) is 9.06. The molecule has 2 aromatic carbocycles. The summed E-state index contributed by atoms with van der Waals surface area (Å²) in [6.45, 7) is 2.01. The molecule has 0 spiro atoms. The lowest BCUT2D eigenvalue weighted by Gasteiger charge is -2.11. The highest BCUT2D eigenvalue weighted by molar-refractivity contribution is 5.23. The zero-order valence-corrected chi connectivity index (χ0v) is 10.7. The highest BCUT2D eigenvalue weighted by atomic mass is 19.2. The van der Waals surface area contributed by atoms with Gasteiger partial charge in [-0.2, -0.15) is 0 Å². The molecule has 1 atom stereocenters. The second kappa shape index (κ2) is 5.93. The molecule has 0 bridgehead atoms. The molecule has 0 saturated heterocycles. The van der Waals surface area contributed by atoms with Gasteiger partial charge in [-0.25, -0.2) is 8.78 Å². The van der Waals surface area contributed by atoms with Crippen molar-refractivity contribution >= 4 is 0 Å². The third-order valence-electron chi connectivity index (χ3n) is 3.16. The summed E-state index contributed by atoms with van der Waals surface area (Å²) in [5.74, 6) is -1.82. The number of aliphatic hydroxyl groups excluding tert-OH is 1. The van der Waals surface area contributed by atoms with Gasteiger partial charge in [-0.1, -0.05) is 35.9 Å². The number of hydrogen-bond donors (Lipinski definition) is 1. The molecule has 1 unspecified atom stereocenters. The summed E-state index contributed by atoms with van der Waals surface area (Å²) < 4.78 is 25.9. The number of halogens is 2. The molecule has 0 heterocycles. The average Bonchev–Trinajstić information content (AvgIpc) is 2.41. The van der Waals surface area contributed by atoms with Crippen LogP contribution in [0.2, 0.25) is 0 Å². The summed E-state index contributed by atoms with van der Waals surface area (Å²) in [6, 6.07) is 11.5. The molecule has 0 aliphatic carbocycles. The summed E-state index contributed by atoms with van der Waals surface area (Å²) >= 11 is 0. The van der Waals surface area contributed by atoms with E-state index in [0.29, 0.717) is 18.4 Å². The summed E-state index contributed by atoms with van der Waals surface area (Å²) in [7, 11) is 0. The molecule has 1 N–H and O–H groups in total. The third kappa shape index (κ3) is 3.61. The summed E-state index contributed by atoms with van der Waals surface area (Å²) in [4.78, 5) is 0. The van der Waals surface area contributed by atoms with Gasteiger partial charge in [-0.05, 0) is 43.0 Å². The molecule has 100 valence electrons. The zero-order valence-electron chi connectivity index (χ0n) is 10.7. The predicted octanol–water partition coefficient (Wildman–Crippen LogP) is 3.94. The Morgan fingerprint density at radius 2 is 1.68 bits per heavy atom. The fourth-order valence-electron chi connectivity index (χ4n) is 1.94. The standard InChI is InChI=1S/C16H16F2O/c1-11-2-4-12(5-3-11)6-9-16(19)13-7-8-14(17)15(18)10-13/h2-5,7-8,10,16,19H,6,9H2,1H3. The Labute approximate surface area is 111 Å². The lowest BCUT2D eigenvalue weighted by atomic mass is 10.0. The van der Waals surface area contributed by atoms with Crippen molar-refractivity contribution in [1.82, 2.24) is 0 Å². The Bertz CT molecular complexity index is 549. The molecule has 0 fully saturated rings. The van der Waals surface area contributed by atoms with E-state index in [1.807, 2.05) is 31.2 Å². The number of rotatable bonds is 4. The monoisotopic (exact) mass is 262 g/mol. The highest BCUT2D eigenvalue weighted by Gasteiger charge is 2.10. The van der Waals surface area contributed by atoms with Gasteiger partial charge in [0.25, 0.3) is 0 Å². The maximum atomic E-state index is 13.1. The maximum Gasteiger partial charge on any atom is 0.159 e. The maximum absolute atomic E-state index is 13.1. The summed E-state index contributed by atoms with van der Waals surface area (Å²) in [6.07, 6.45) is 0.394. The van der Waals surface area contributed by atoms with Crippen molar-refractivity contribution in [3.63, 3.8) is 0 Å². The van der Waals surface area contributed by atoms with E-state index in [-0.39, 0.29) is 0 Å². The van der Waals surface area contributed by atoms with Gasteiger partial charge in [-0.15, -0.1) is 0 Å². The van der Waals surface area contributed by atoms with Gasteiger partial charge in [0.2, 0.25) is 0 Å². The molecular weight excluding hydrogens is 246 g/mol. The van der Waals surface area contributed by atoms with Crippen LogP contribution in [0.25, 0.3) is 0 Å². The predicted molar refractivity (Wildman–Crippen MR) is 70.8 cm³/mol. The molecule has 2 rings (SSSR count). The molecule has 3 heteroatoms. The summed E-state index contributed by atoms with van der Waals surface area (Å²) in [5.41, 5.74) is 2.71. The molecule has 1 nitrogen and oxygen atoms in total. The Balaban J connectivity index is 1.98. The fraction of sp³-hybridized carbons (Fsp3) is 0.250. The Kier molecular flexibility index (Phi) is 4.27. The van der Waals surface area contributed by atoms with Crippen molar-refractivity contribution in [2.75, 3.05) is 0 Å². The van der Waals surface area contributed by atoms with Crippen LogP contribution in [0.1, 0.15) is 29.2 Å². The zero-order chi connectivity index (χ0) is 13.8. The molecular formula is C16H16F2O. The van der Waals surface area contributed by atoms with Gasteiger partial charge in [0.1, 0.15) is 0 Å².